The smallest absolute Gasteiger partial charge is 0.374 e. The molecule has 0 bridgehead atoms. The van der Waals surface area contributed by atoms with E-state index in [9.17, 15) is 9.59 Å². The van der Waals surface area contributed by atoms with Crippen LogP contribution in [0.3, 0.4) is 0 Å². The van der Waals surface area contributed by atoms with Crippen LogP contribution in [0, 0.1) is 0 Å². The van der Waals surface area contributed by atoms with E-state index in [1.54, 1.807) is 16.7 Å². The van der Waals surface area contributed by atoms with Gasteiger partial charge in [-0.25, -0.2) is 4.79 Å². The van der Waals surface area contributed by atoms with Crippen LogP contribution in [0.4, 0.5) is 0 Å². The third-order valence-electron chi connectivity index (χ3n) is 2.24. The van der Waals surface area contributed by atoms with Gasteiger partial charge in [0.05, 0.1) is 0 Å². The zero-order chi connectivity index (χ0) is 11.5. The first kappa shape index (κ1) is 11.0. The lowest BCUT2D eigenvalue weighted by atomic mass is 10.3. The van der Waals surface area contributed by atoms with Crippen molar-refractivity contribution in [2.45, 2.75) is 0 Å². The number of thioether (sulfide) groups is 1. The minimum absolute atomic E-state index is 0.0595. The first-order chi connectivity index (χ1) is 7.68. The molecule has 1 fully saturated rings. The molecule has 0 atom stereocenters. The van der Waals surface area contributed by atoms with Gasteiger partial charge in [0, 0.05) is 30.7 Å². The summed E-state index contributed by atoms with van der Waals surface area (Å²) in [5.74, 6) is -0.00266. The summed E-state index contributed by atoms with van der Waals surface area (Å²) in [7, 11) is 0. The summed E-state index contributed by atoms with van der Waals surface area (Å²) in [5.41, 5.74) is 0.0595. The molecule has 2 heterocycles. The highest BCUT2D eigenvalue weighted by molar-refractivity contribution is 7.99. The number of hydrogen-bond acceptors (Lipinski definition) is 5. The van der Waals surface area contributed by atoms with Crippen molar-refractivity contribution < 1.29 is 19.2 Å². The van der Waals surface area contributed by atoms with Gasteiger partial charge in [-0.2, -0.15) is 11.8 Å². The van der Waals surface area contributed by atoms with Crippen molar-refractivity contribution in [3.05, 3.63) is 17.5 Å². The van der Waals surface area contributed by atoms with Gasteiger partial charge in [-0.3, -0.25) is 4.79 Å². The summed E-state index contributed by atoms with van der Waals surface area (Å²) in [6.07, 6.45) is 0. The van der Waals surface area contributed by atoms with Crippen LogP contribution in [0.2, 0.25) is 0 Å². The molecule has 1 saturated heterocycles. The Bertz CT molecular complexity index is 411. The first-order valence-corrected chi connectivity index (χ1v) is 5.91. The zero-order valence-corrected chi connectivity index (χ0v) is 9.20. The van der Waals surface area contributed by atoms with E-state index in [2.05, 4.69) is 9.68 Å². The number of carboxylic acids is 1. The highest BCUT2D eigenvalue weighted by Gasteiger charge is 2.23. The number of rotatable bonds is 2. The fourth-order valence-electron chi connectivity index (χ4n) is 1.41. The minimum atomic E-state index is -1.22. The maximum Gasteiger partial charge on any atom is 0.374 e. The van der Waals surface area contributed by atoms with E-state index in [1.165, 1.54) is 0 Å². The number of carboxylic acid groups (broad SMARTS) is 1. The SMILES string of the molecule is O=C(O)c1cc(C(=O)N2CCSCC2)no1. The van der Waals surface area contributed by atoms with Gasteiger partial charge in [0.15, 0.2) is 5.69 Å². The Morgan fingerprint density at radius 2 is 2.12 bits per heavy atom. The van der Waals surface area contributed by atoms with Crippen molar-refractivity contribution in [3.63, 3.8) is 0 Å². The van der Waals surface area contributed by atoms with E-state index in [-0.39, 0.29) is 17.4 Å². The van der Waals surface area contributed by atoms with Crippen LogP contribution < -0.4 is 0 Å². The fraction of sp³-hybridized carbons (Fsp3) is 0.444. The van der Waals surface area contributed by atoms with E-state index >= 15 is 0 Å². The number of hydrogen-bond donors (Lipinski definition) is 1. The molecule has 1 aliphatic rings. The molecule has 7 heteroatoms. The number of aromatic nitrogens is 1. The number of carbonyl (C=O) groups is 2. The second-order valence-electron chi connectivity index (χ2n) is 3.29. The van der Waals surface area contributed by atoms with Crippen molar-refractivity contribution >= 4 is 23.6 Å². The van der Waals surface area contributed by atoms with Gasteiger partial charge in [0.25, 0.3) is 5.91 Å². The van der Waals surface area contributed by atoms with E-state index < -0.39 is 5.97 Å². The van der Waals surface area contributed by atoms with Crippen molar-refractivity contribution in [1.29, 1.82) is 0 Å². The van der Waals surface area contributed by atoms with Crippen LogP contribution in [0.15, 0.2) is 10.6 Å². The van der Waals surface area contributed by atoms with Gasteiger partial charge >= 0.3 is 5.97 Å². The predicted molar refractivity (Wildman–Crippen MR) is 56.7 cm³/mol. The van der Waals surface area contributed by atoms with E-state index in [0.717, 1.165) is 17.6 Å². The minimum Gasteiger partial charge on any atom is -0.475 e. The molecule has 0 saturated carbocycles. The second-order valence-corrected chi connectivity index (χ2v) is 4.51. The molecule has 1 aromatic heterocycles. The zero-order valence-electron chi connectivity index (χ0n) is 8.38. The maximum absolute atomic E-state index is 11.8. The van der Waals surface area contributed by atoms with Crippen LogP contribution in [0.5, 0.6) is 0 Å². The van der Waals surface area contributed by atoms with Crippen molar-refractivity contribution in [2.24, 2.45) is 0 Å². The normalized spacial score (nSPS) is 16.1. The molecule has 16 heavy (non-hydrogen) atoms. The molecule has 0 aromatic carbocycles. The number of nitrogens with zero attached hydrogens (tertiary/aromatic N) is 2. The number of carbonyl (C=O) groups excluding carboxylic acids is 1. The molecular formula is C9H10N2O4S. The van der Waals surface area contributed by atoms with Gasteiger partial charge < -0.3 is 14.5 Å². The average molecular weight is 242 g/mol. The molecule has 1 amide bonds. The van der Waals surface area contributed by atoms with Gasteiger partial charge in [-0.1, -0.05) is 5.16 Å². The largest absolute Gasteiger partial charge is 0.475 e. The standard InChI is InChI=1S/C9H10N2O4S/c12-8(11-1-3-16-4-2-11)6-5-7(9(13)14)15-10-6/h5H,1-4H2,(H,13,14). The summed E-state index contributed by atoms with van der Waals surface area (Å²) in [5, 5.41) is 12.1. The summed E-state index contributed by atoms with van der Waals surface area (Å²) in [4.78, 5) is 24.0. The Balaban J connectivity index is 2.10. The average Bonchev–Trinajstić information content (AvgIpc) is 2.78. The fourth-order valence-corrected chi connectivity index (χ4v) is 2.31. The summed E-state index contributed by atoms with van der Waals surface area (Å²) in [6.45, 7) is 1.33. The first-order valence-electron chi connectivity index (χ1n) is 4.75. The lowest BCUT2D eigenvalue weighted by Crippen LogP contribution is -2.38. The van der Waals surface area contributed by atoms with Gasteiger partial charge in [-0.15, -0.1) is 0 Å². The molecule has 1 N–H and O–H groups in total. The van der Waals surface area contributed by atoms with Crippen LogP contribution in [-0.4, -0.2) is 51.6 Å². The Labute approximate surface area is 95.6 Å². The highest BCUT2D eigenvalue weighted by Crippen LogP contribution is 2.13. The topological polar surface area (TPSA) is 83.6 Å². The Kier molecular flexibility index (Phi) is 3.14. The van der Waals surface area contributed by atoms with E-state index in [0.29, 0.717) is 13.1 Å². The molecular weight excluding hydrogens is 232 g/mol. The van der Waals surface area contributed by atoms with Crippen LogP contribution in [0.25, 0.3) is 0 Å². The van der Waals surface area contributed by atoms with Crippen molar-refractivity contribution in [2.75, 3.05) is 24.6 Å². The lowest BCUT2D eigenvalue weighted by Gasteiger charge is -2.25. The summed E-state index contributed by atoms with van der Waals surface area (Å²) in [6, 6.07) is 1.16. The number of aromatic carboxylic acids is 1. The molecule has 0 unspecified atom stereocenters. The summed E-state index contributed by atoms with van der Waals surface area (Å²) >= 11 is 1.79. The quantitative estimate of drug-likeness (QED) is 0.815. The molecule has 86 valence electrons. The lowest BCUT2D eigenvalue weighted by molar-refractivity contribution is 0.0649. The molecule has 1 aliphatic heterocycles. The van der Waals surface area contributed by atoms with Crippen LogP contribution >= 0.6 is 11.8 Å². The monoisotopic (exact) mass is 242 g/mol. The van der Waals surface area contributed by atoms with Crippen molar-refractivity contribution in [1.82, 2.24) is 10.1 Å². The van der Waals surface area contributed by atoms with Crippen LogP contribution in [-0.2, 0) is 0 Å². The number of amides is 1. The van der Waals surface area contributed by atoms with E-state index in [4.69, 9.17) is 5.11 Å². The Morgan fingerprint density at radius 1 is 1.44 bits per heavy atom. The maximum atomic E-state index is 11.8. The second kappa shape index (κ2) is 4.56. The Hall–Kier alpha value is -1.50. The predicted octanol–water partition coefficient (Wildman–Crippen LogP) is 0.562. The molecule has 0 aliphatic carbocycles. The molecule has 0 radical (unpaired) electrons. The van der Waals surface area contributed by atoms with E-state index in [1.807, 2.05) is 0 Å². The van der Waals surface area contributed by atoms with Gasteiger partial charge in [-0.05, 0) is 0 Å². The molecule has 0 spiro atoms. The molecule has 1 aromatic rings. The summed E-state index contributed by atoms with van der Waals surface area (Å²) < 4.78 is 4.54. The Morgan fingerprint density at radius 3 is 2.69 bits per heavy atom. The van der Waals surface area contributed by atoms with Gasteiger partial charge in [0.2, 0.25) is 5.76 Å². The third-order valence-corrected chi connectivity index (χ3v) is 3.18. The molecule has 2 rings (SSSR count). The third kappa shape index (κ3) is 2.19. The molecule has 6 nitrogen and oxygen atoms in total. The highest BCUT2D eigenvalue weighted by atomic mass is 32.2. The van der Waals surface area contributed by atoms with Crippen molar-refractivity contribution in [3.8, 4) is 0 Å². The van der Waals surface area contributed by atoms with Crippen LogP contribution in [0.1, 0.15) is 21.0 Å². The van der Waals surface area contributed by atoms with Gasteiger partial charge in [0.1, 0.15) is 0 Å².